The van der Waals surface area contributed by atoms with E-state index in [0.717, 1.165) is 0 Å². The van der Waals surface area contributed by atoms with Gasteiger partial charge in [0.2, 0.25) is 0 Å². The van der Waals surface area contributed by atoms with Crippen LogP contribution >= 0.6 is 0 Å². The Balaban J connectivity index is 2.45. The summed E-state index contributed by atoms with van der Waals surface area (Å²) in [7, 11) is 3.01. The molecular weight excluding hydrogens is 260 g/mol. The van der Waals surface area contributed by atoms with Crippen molar-refractivity contribution in [3.8, 4) is 17.6 Å². The van der Waals surface area contributed by atoms with Crippen LogP contribution in [0.1, 0.15) is 5.69 Å². The van der Waals surface area contributed by atoms with Gasteiger partial charge in [-0.05, 0) is 6.07 Å². The summed E-state index contributed by atoms with van der Waals surface area (Å²) in [5, 5.41) is 11.9. The minimum absolute atomic E-state index is 0.267. The normalized spacial score (nSPS) is 10.7. The van der Waals surface area contributed by atoms with Gasteiger partial charge in [0.05, 0.1) is 25.1 Å². The quantitative estimate of drug-likeness (QED) is 0.751. The number of rotatable bonds is 2. The molecule has 0 saturated heterocycles. The number of nitrogens with one attached hydrogen (secondary N) is 1. The fourth-order valence-electron chi connectivity index (χ4n) is 2.07. The third kappa shape index (κ3) is 1.59. The maximum absolute atomic E-state index is 12.4. The molecule has 2 aromatic heterocycles. The van der Waals surface area contributed by atoms with Crippen molar-refractivity contribution in [3.05, 3.63) is 34.2 Å². The van der Waals surface area contributed by atoms with Crippen LogP contribution in [0.2, 0.25) is 0 Å². The molecule has 0 amide bonds. The predicted octanol–water partition coefficient (Wildman–Crippen LogP) is 1.06. The smallest absolute Gasteiger partial charge is 0.280 e. The van der Waals surface area contributed by atoms with Crippen molar-refractivity contribution in [3.63, 3.8) is 0 Å². The van der Waals surface area contributed by atoms with Crippen molar-refractivity contribution in [2.45, 2.75) is 0 Å². The average molecular weight is 270 g/mol. The first-order valence-electron chi connectivity index (χ1n) is 5.75. The zero-order valence-corrected chi connectivity index (χ0v) is 10.8. The minimum atomic E-state index is -0.299. The van der Waals surface area contributed by atoms with Crippen LogP contribution in [0.4, 0.5) is 0 Å². The Bertz CT molecular complexity index is 917. The van der Waals surface area contributed by atoms with Gasteiger partial charge in [-0.3, -0.25) is 9.89 Å². The molecule has 0 atom stereocenters. The second kappa shape index (κ2) is 4.28. The van der Waals surface area contributed by atoms with Gasteiger partial charge in [0, 0.05) is 12.1 Å². The summed E-state index contributed by atoms with van der Waals surface area (Å²) in [5.41, 5.74) is 0.832. The highest BCUT2D eigenvalue weighted by Gasteiger charge is 2.13. The van der Waals surface area contributed by atoms with Gasteiger partial charge in [-0.1, -0.05) is 0 Å². The molecule has 2 heterocycles. The number of nitriles is 1. The molecule has 0 spiro atoms. The van der Waals surface area contributed by atoms with E-state index < -0.39 is 0 Å². The first-order chi connectivity index (χ1) is 9.67. The van der Waals surface area contributed by atoms with Crippen molar-refractivity contribution in [2.75, 3.05) is 14.2 Å². The van der Waals surface area contributed by atoms with E-state index in [1.165, 1.54) is 24.8 Å². The number of ether oxygens (including phenoxy) is 2. The molecule has 0 aliphatic rings. The summed E-state index contributed by atoms with van der Waals surface area (Å²) in [4.78, 5) is 16.7. The van der Waals surface area contributed by atoms with Gasteiger partial charge in [0.1, 0.15) is 11.8 Å². The molecule has 100 valence electrons. The second-order valence-corrected chi connectivity index (χ2v) is 4.12. The third-order valence-corrected chi connectivity index (χ3v) is 3.03. The Morgan fingerprint density at radius 1 is 1.25 bits per heavy atom. The highest BCUT2D eigenvalue weighted by atomic mass is 16.5. The maximum Gasteiger partial charge on any atom is 0.280 e. The predicted molar refractivity (Wildman–Crippen MR) is 71.1 cm³/mol. The molecule has 0 saturated carbocycles. The largest absolute Gasteiger partial charge is 0.493 e. The van der Waals surface area contributed by atoms with E-state index in [4.69, 9.17) is 14.7 Å². The molecule has 20 heavy (non-hydrogen) atoms. The fourth-order valence-corrected chi connectivity index (χ4v) is 2.07. The summed E-state index contributed by atoms with van der Waals surface area (Å²) in [6.45, 7) is 0. The molecule has 1 N–H and O–H groups in total. The van der Waals surface area contributed by atoms with E-state index >= 15 is 0 Å². The molecule has 1 aromatic carbocycles. The number of hydrogen-bond acceptors (Lipinski definition) is 5. The molecule has 7 heteroatoms. The maximum atomic E-state index is 12.4. The standard InChI is InChI=1S/C13H10N4O3/c1-19-10-4-8-9(5-11(10)20-2)15-12-3-7(6-14)16-17(12)13(8)18/h3-5,16H,1-2H3. The van der Waals surface area contributed by atoms with Crippen molar-refractivity contribution in [2.24, 2.45) is 0 Å². The average Bonchev–Trinajstić information content (AvgIpc) is 2.89. The number of H-pyrrole nitrogens is 1. The second-order valence-electron chi connectivity index (χ2n) is 4.12. The molecule has 3 rings (SSSR count). The van der Waals surface area contributed by atoms with E-state index in [1.54, 1.807) is 12.1 Å². The van der Waals surface area contributed by atoms with E-state index in [2.05, 4.69) is 10.1 Å². The Kier molecular flexibility index (Phi) is 2.57. The lowest BCUT2D eigenvalue weighted by atomic mass is 10.2. The summed E-state index contributed by atoms with van der Waals surface area (Å²) in [6, 6.07) is 6.66. The monoisotopic (exact) mass is 270 g/mol. The summed E-state index contributed by atoms with van der Waals surface area (Å²) < 4.78 is 11.6. The van der Waals surface area contributed by atoms with Crippen molar-refractivity contribution < 1.29 is 9.47 Å². The van der Waals surface area contributed by atoms with Gasteiger partial charge in [0.25, 0.3) is 5.56 Å². The van der Waals surface area contributed by atoms with Crippen LogP contribution in [-0.2, 0) is 0 Å². The number of nitrogens with zero attached hydrogens (tertiary/aromatic N) is 3. The summed E-state index contributed by atoms with van der Waals surface area (Å²) in [6.07, 6.45) is 0. The zero-order chi connectivity index (χ0) is 14.3. The van der Waals surface area contributed by atoms with Crippen molar-refractivity contribution >= 4 is 16.6 Å². The van der Waals surface area contributed by atoms with Gasteiger partial charge in [-0.2, -0.15) is 9.78 Å². The van der Waals surface area contributed by atoms with E-state index in [1.807, 2.05) is 6.07 Å². The van der Waals surface area contributed by atoms with Gasteiger partial charge in [0.15, 0.2) is 17.1 Å². The first-order valence-corrected chi connectivity index (χ1v) is 5.75. The highest BCUT2D eigenvalue weighted by Crippen LogP contribution is 2.30. The molecule has 0 bridgehead atoms. The third-order valence-electron chi connectivity index (χ3n) is 3.03. The van der Waals surface area contributed by atoms with Gasteiger partial charge >= 0.3 is 0 Å². The fraction of sp³-hybridized carbons (Fsp3) is 0.154. The van der Waals surface area contributed by atoms with E-state index in [0.29, 0.717) is 28.0 Å². The summed E-state index contributed by atoms with van der Waals surface area (Å²) >= 11 is 0. The zero-order valence-electron chi connectivity index (χ0n) is 10.8. The molecule has 0 aliphatic carbocycles. The SMILES string of the molecule is COc1cc2nc3cc(C#N)[nH]n3c(=O)c2cc1OC. The Morgan fingerprint density at radius 2 is 1.95 bits per heavy atom. The van der Waals surface area contributed by atoms with Gasteiger partial charge in [-0.25, -0.2) is 4.98 Å². The van der Waals surface area contributed by atoms with Crippen LogP contribution in [0.15, 0.2) is 23.0 Å². The molecule has 3 aromatic rings. The highest BCUT2D eigenvalue weighted by molar-refractivity contribution is 5.83. The topological polar surface area (TPSA) is 92.4 Å². The lowest BCUT2D eigenvalue weighted by Gasteiger charge is -2.08. The molecule has 0 aliphatic heterocycles. The molecular formula is C13H10N4O3. The van der Waals surface area contributed by atoms with Gasteiger partial charge < -0.3 is 9.47 Å². The van der Waals surface area contributed by atoms with E-state index in [9.17, 15) is 4.79 Å². The molecule has 0 radical (unpaired) electrons. The molecule has 0 unspecified atom stereocenters. The molecule has 0 fully saturated rings. The Hall–Kier alpha value is -3.01. The number of benzene rings is 1. The van der Waals surface area contributed by atoms with Crippen LogP contribution < -0.4 is 15.0 Å². The number of methoxy groups -OCH3 is 2. The number of aromatic nitrogens is 3. The number of hydrogen-bond donors (Lipinski definition) is 1. The Labute approximate surface area is 113 Å². The number of fused-ring (bicyclic) bond motifs is 2. The summed E-state index contributed by atoms with van der Waals surface area (Å²) in [5.74, 6) is 0.943. The van der Waals surface area contributed by atoms with Crippen LogP contribution in [0, 0.1) is 11.3 Å². The van der Waals surface area contributed by atoms with E-state index in [-0.39, 0.29) is 11.3 Å². The molecule has 7 nitrogen and oxygen atoms in total. The van der Waals surface area contributed by atoms with Crippen LogP contribution in [0.25, 0.3) is 16.6 Å². The van der Waals surface area contributed by atoms with Crippen LogP contribution in [-0.4, -0.2) is 28.8 Å². The number of aromatic amines is 1. The van der Waals surface area contributed by atoms with Crippen LogP contribution in [0.5, 0.6) is 11.5 Å². The van der Waals surface area contributed by atoms with Gasteiger partial charge in [-0.15, -0.1) is 0 Å². The minimum Gasteiger partial charge on any atom is -0.493 e. The Morgan fingerprint density at radius 3 is 2.60 bits per heavy atom. The van der Waals surface area contributed by atoms with Crippen molar-refractivity contribution in [1.82, 2.24) is 14.6 Å². The lowest BCUT2D eigenvalue weighted by molar-refractivity contribution is 0.355. The lowest BCUT2D eigenvalue weighted by Crippen LogP contribution is -2.15. The first kappa shape index (κ1) is 12.0. The van der Waals surface area contributed by atoms with Crippen molar-refractivity contribution in [1.29, 1.82) is 5.26 Å². The van der Waals surface area contributed by atoms with Crippen LogP contribution in [0.3, 0.4) is 0 Å².